The summed E-state index contributed by atoms with van der Waals surface area (Å²) in [6, 6.07) is 23.7. The van der Waals surface area contributed by atoms with Gasteiger partial charge in [-0.05, 0) is 55.5 Å². The van der Waals surface area contributed by atoms with E-state index in [1.54, 1.807) is 36.2 Å². The molecular formula is C26H29N3O4. The third-order valence-corrected chi connectivity index (χ3v) is 4.85. The van der Waals surface area contributed by atoms with Gasteiger partial charge in [-0.25, -0.2) is 0 Å². The van der Waals surface area contributed by atoms with Crippen molar-refractivity contribution in [3.8, 4) is 5.75 Å². The van der Waals surface area contributed by atoms with E-state index in [-0.39, 0.29) is 18.4 Å². The summed E-state index contributed by atoms with van der Waals surface area (Å²) in [6.45, 7) is 3.69. The highest BCUT2D eigenvalue weighted by molar-refractivity contribution is 6.06. The van der Waals surface area contributed by atoms with Crippen molar-refractivity contribution < 1.29 is 19.1 Å². The predicted molar refractivity (Wildman–Crippen MR) is 131 cm³/mol. The van der Waals surface area contributed by atoms with Gasteiger partial charge in [0.25, 0.3) is 5.91 Å². The van der Waals surface area contributed by atoms with E-state index in [1.165, 1.54) is 0 Å². The molecule has 33 heavy (non-hydrogen) atoms. The van der Waals surface area contributed by atoms with Crippen LogP contribution in [-0.2, 0) is 9.53 Å². The summed E-state index contributed by atoms with van der Waals surface area (Å²) in [5.41, 5.74) is 2.76. The molecule has 7 nitrogen and oxygen atoms in total. The highest BCUT2D eigenvalue weighted by atomic mass is 16.5. The van der Waals surface area contributed by atoms with Crippen LogP contribution in [0.5, 0.6) is 5.75 Å². The van der Waals surface area contributed by atoms with Crippen LogP contribution in [0.3, 0.4) is 0 Å². The van der Waals surface area contributed by atoms with Crippen LogP contribution in [0.15, 0.2) is 78.9 Å². The Balaban J connectivity index is 1.48. The Bertz CT molecular complexity index is 1040. The van der Waals surface area contributed by atoms with E-state index in [1.807, 2.05) is 61.5 Å². The lowest BCUT2D eigenvalue weighted by Crippen LogP contribution is -2.26. The molecule has 0 aliphatic rings. The second-order valence-corrected chi connectivity index (χ2v) is 7.25. The van der Waals surface area contributed by atoms with Gasteiger partial charge in [-0.2, -0.15) is 0 Å². The molecule has 0 bridgehead atoms. The highest BCUT2D eigenvalue weighted by Crippen LogP contribution is 2.18. The highest BCUT2D eigenvalue weighted by Gasteiger charge is 2.13. The molecular weight excluding hydrogens is 418 g/mol. The number of ether oxygens (including phenoxy) is 2. The molecule has 0 fully saturated rings. The first kappa shape index (κ1) is 23.8. The first-order valence-electron chi connectivity index (χ1n) is 10.8. The molecule has 7 heteroatoms. The summed E-state index contributed by atoms with van der Waals surface area (Å²) in [4.78, 5) is 26.6. The van der Waals surface area contributed by atoms with Gasteiger partial charge >= 0.3 is 0 Å². The number of nitrogens with one attached hydrogen (secondary N) is 2. The maximum absolute atomic E-state index is 12.7. The van der Waals surface area contributed by atoms with Crippen molar-refractivity contribution in [2.24, 2.45) is 0 Å². The van der Waals surface area contributed by atoms with E-state index in [2.05, 4.69) is 10.6 Å². The van der Waals surface area contributed by atoms with Gasteiger partial charge in [0, 0.05) is 42.3 Å². The van der Waals surface area contributed by atoms with Gasteiger partial charge in [-0.1, -0.05) is 24.3 Å². The third-order valence-electron chi connectivity index (χ3n) is 4.85. The van der Waals surface area contributed by atoms with Crippen molar-refractivity contribution in [1.82, 2.24) is 0 Å². The van der Waals surface area contributed by atoms with Crippen molar-refractivity contribution in [1.29, 1.82) is 0 Å². The normalized spacial score (nSPS) is 10.4. The number of benzene rings is 3. The average Bonchev–Trinajstić information content (AvgIpc) is 2.86. The molecule has 0 spiro atoms. The standard InChI is InChI=1S/C26H29N3O4/c1-3-32-16-17-33-24-11-7-8-22(18-24)27-19-25(30)28-21-14-12-20(13-15-21)26(31)29(2)23-9-5-4-6-10-23/h4-15,18,27H,3,16-17,19H2,1-2H3,(H,28,30). The number of hydrogen-bond acceptors (Lipinski definition) is 5. The number of anilines is 3. The Morgan fingerprint density at radius 1 is 0.879 bits per heavy atom. The van der Waals surface area contributed by atoms with E-state index in [0.717, 1.165) is 11.4 Å². The molecule has 0 saturated carbocycles. The Kier molecular flexibility index (Phi) is 8.85. The van der Waals surface area contributed by atoms with Crippen LogP contribution in [0.4, 0.5) is 17.1 Å². The van der Waals surface area contributed by atoms with Gasteiger partial charge in [-0.15, -0.1) is 0 Å². The van der Waals surface area contributed by atoms with E-state index >= 15 is 0 Å². The minimum Gasteiger partial charge on any atom is -0.491 e. The molecule has 0 radical (unpaired) electrons. The first-order valence-corrected chi connectivity index (χ1v) is 10.8. The monoisotopic (exact) mass is 447 g/mol. The average molecular weight is 448 g/mol. The molecule has 0 aliphatic heterocycles. The van der Waals surface area contributed by atoms with Crippen molar-refractivity contribution in [3.63, 3.8) is 0 Å². The lowest BCUT2D eigenvalue weighted by molar-refractivity contribution is -0.114. The fourth-order valence-corrected chi connectivity index (χ4v) is 3.10. The predicted octanol–water partition coefficient (Wildman–Crippen LogP) is 4.43. The summed E-state index contributed by atoms with van der Waals surface area (Å²) in [7, 11) is 1.73. The van der Waals surface area contributed by atoms with Crippen LogP contribution >= 0.6 is 0 Å². The van der Waals surface area contributed by atoms with E-state index < -0.39 is 0 Å². The Labute approximate surface area is 194 Å². The summed E-state index contributed by atoms with van der Waals surface area (Å²) in [5.74, 6) is 0.392. The molecule has 2 N–H and O–H groups in total. The molecule has 3 rings (SSSR count). The third kappa shape index (κ3) is 7.36. The van der Waals surface area contributed by atoms with E-state index in [4.69, 9.17) is 9.47 Å². The van der Waals surface area contributed by atoms with Crippen LogP contribution in [0, 0.1) is 0 Å². The van der Waals surface area contributed by atoms with Gasteiger partial charge in [0.2, 0.25) is 5.91 Å². The largest absolute Gasteiger partial charge is 0.491 e. The summed E-state index contributed by atoms with van der Waals surface area (Å²) < 4.78 is 10.9. The Hall–Kier alpha value is -3.84. The molecule has 2 amide bonds. The lowest BCUT2D eigenvalue weighted by atomic mass is 10.1. The maximum Gasteiger partial charge on any atom is 0.258 e. The van der Waals surface area contributed by atoms with Gasteiger partial charge in [0.05, 0.1) is 13.2 Å². The van der Waals surface area contributed by atoms with E-state index in [0.29, 0.717) is 36.8 Å². The number of rotatable bonds is 11. The van der Waals surface area contributed by atoms with Gasteiger partial charge < -0.3 is 25.0 Å². The molecule has 3 aromatic rings. The molecule has 0 saturated heterocycles. The van der Waals surface area contributed by atoms with Gasteiger partial charge in [-0.3, -0.25) is 9.59 Å². The Morgan fingerprint density at radius 2 is 1.64 bits per heavy atom. The number of carbonyl (C=O) groups excluding carboxylic acids is 2. The number of carbonyl (C=O) groups is 2. The van der Waals surface area contributed by atoms with Crippen LogP contribution in [0.1, 0.15) is 17.3 Å². The topological polar surface area (TPSA) is 79.9 Å². The molecule has 172 valence electrons. The maximum atomic E-state index is 12.7. The molecule has 3 aromatic carbocycles. The SMILES string of the molecule is CCOCCOc1cccc(NCC(=O)Nc2ccc(C(=O)N(C)c3ccccc3)cc2)c1. The zero-order valence-electron chi connectivity index (χ0n) is 18.9. The summed E-state index contributed by atoms with van der Waals surface area (Å²) >= 11 is 0. The second-order valence-electron chi connectivity index (χ2n) is 7.25. The fraction of sp³-hybridized carbons (Fsp3) is 0.231. The Morgan fingerprint density at radius 3 is 2.36 bits per heavy atom. The van der Waals surface area contributed by atoms with Crippen LogP contribution < -0.4 is 20.3 Å². The lowest BCUT2D eigenvalue weighted by Gasteiger charge is -2.17. The number of nitrogens with zero attached hydrogens (tertiary/aromatic N) is 1. The molecule has 0 aromatic heterocycles. The quantitative estimate of drug-likeness (QED) is 0.425. The molecule has 0 unspecified atom stereocenters. The van der Waals surface area contributed by atoms with E-state index in [9.17, 15) is 9.59 Å². The zero-order valence-corrected chi connectivity index (χ0v) is 18.9. The summed E-state index contributed by atoms with van der Waals surface area (Å²) in [5, 5.41) is 5.91. The number of hydrogen-bond donors (Lipinski definition) is 2. The van der Waals surface area contributed by atoms with Crippen LogP contribution in [-0.4, -0.2) is 45.2 Å². The molecule has 0 heterocycles. The van der Waals surface area contributed by atoms with Crippen LogP contribution in [0.2, 0.25) is 0 Å². The molecule has 0 aliphatic carbocycles. The smallest absolute Gasteiger partial charge is 0.258 e. The molecule has 0 atom stereocenters. The van der Waals surface area contributed by atoms with Crippen molar-refractivity contribution in [2.45, 2.75) is 6.92 Å². The van der Waals surface area contributed by atoms with Crippen molar-refractivity contribution >= 4 is 28.9 Å². The van der Waals surface area contributed by atoms with Gasteiger partial charge in [0.1, 0.15) is 12.4 Å². The van der Waals surface area contributed by atoms with Crippen LogP contribution in [0.25, 0.3) is 0 Å². The van der Waals surface area contributed by atoms with Crippen molar-refractivity contribution in [2.75, 3.05) is 48.9 Å². The minimum absolute atomic E-state index is 0.0970. The minimum atomic E-state index is -0.196. The number of amides is 2. The van der Waals surface area contributed by atoms with Crippen molar-refractivity contribution in [3.05, 3.63) is 84.4 Å². The fourth-order valence-electron chi connectivity index (χ4n) is 3.10. The number of para-hydroxylation sites is 1. The summed E-state index contributed by atoms with van der Waals surface area (Å²) in [6.07, 6.45) is 0. The zero-order chi connectivity index (χ0) is 23.5. The first-order chi connectivity index (χ1) is 16.1. The van der Waals surface area contributed by atoms with Gasteiger partial charge in [0.15, 0.2) is 0 Å². The second kappa shape index (κ2) is 12.3.